The smallest absolute Gasteiger partial charge is 0.165 e. The molecule has 0 radical (unpaired) electrons. The van der Waals surface area contributed by atoms with E-state index in [1.165, 1.54) is 12.4 Å². The molecule has 0 spiro atoms. The first-order valence-corrected chi connectivity index (χ1v) is 4.47. The Morgan fingerprint density at radius 3 is 2.87 bits per heavy atom. The first-order chi connectivity index (χ1) is 7.27. The number of para-hydroxylation sites is 1. The van der Waals surface area contributed by atoms with Gasteiger partial charge in [0.1, 0.15) is 12.9 Å². The molecule has 4 nitrogen and oxygen atoms in total. The van der Waals surface area contributed by atoms with Gasteiger partial charge in [-0.25, -0.2) is 9.37 Å². The van der Waals surface area contributed by atoms with Gasteiger partial charge in [-0.3, -0.25) is 4.68 Å². The fourth-order valence-corrected chi connectivity index (χ4v) is 1.15. The van der Waals surface area contributed by atoms with E-state index in [4.69, 9.17) is 4.74 Å². The lowest BCUT2D eigenvalue weighted by Gasteiger charge is -2.05. The van der Waals surface area contributed by atoms with Crippen LogP contribution in [0.25, 0.3) is 0 Å². The fourth-order valence-electron chi connectivity index (χ4n) is 1.15. The van der Waals surface area contributed by atoms with Crippen molar-refractivity contribution in [3.63, 3.8) is 0 Å². The van der Waals surface area contributed by atoms with Crippen LogP contribution < -0.4 is 4.74 Å². The van der Waals surface area contributed by atoms with Gasteiger partial charge < -0.3 is 4.74 Å². The minimum Gasteiger partial charge on any atom is -0.483 e. The SMILES string of the molecule is Cn1ncnc1COc1ccccc1F. The van der Waals surface area contributed by atoms with E-state index in [2.05, 4.69) is 10.1 Å². The zero-order valence-corrected chi connectivity index (χ0v) is 8.22. The maximum atomic E-state index is 13.2. The Labute approximate surface area is 86.3 Å². The van der Waals surface area contributed by atoms with Crippen LogP contribution in [0, 0.1) is 5.82 Å². The molecule has 15 heavy (non-hydrogen) atoms. The molecule has 0 fully saturated rings. The van der Waals surface area contributed by atoms with Crippen molar-refractivity contribution in [1.82, 2.24) is 14.8 Å². The van der Waals surface area contributed by atoms with E-state index in [0.717, 1.165) is 0 Å². The Morgan fingerprint density at radius 1 is 1.40 bits per heavy atom. The van der Waals surface area contributed by atoms with E-state index in [9.17, 15) is 4.39 Å². The normalized spacial score (nSPS) is 10.3. The van der Waals surface area contributed by atoms with Gasteiger partial charge in [0, 0.05) is 7.05 Å². The van der Waals surface area contributed by atoms with Crippen molar-refractivity contribution < 1.29 is 9.13 Å². The molecule has 0 amide bonds. The fraction of sp³-hybridized carbons (Fsp3) is 0.200. The van der Waals surface area contributed by atoms with Crippen molar-refractivity contribution in [2.45, 2.75) is 6.61 Å². The van der Waals surface area contributed by atoms with Gasteiger partial charge in [0.25, 0.3) is 0 Å². The molecule has 0 atom stereocenters. The third-order valence-corrected chi connectivity index (χ3v) is 2.00. The molecular formula is C10H10FN3O. The average molecular weight is 207 g/mol. The van der Waals surface area contributed by atoms with Crippen LogP contribution in [0.3, 0.4) is 0 Å². The summed E-state index contributed by atoms with van der Waals surface area (Å²) in [6.07, 6.45) is 1.43. The van der Waals surface area contributed by atoms with Gasteiger partial charge >= 0.3 is 0 Å². The molecule has 0 saturated carbocycles. The second-order valence-electron chi connectivity index (χ2n) is 3.02. The summed E-state index contributed by atoms with van der Waals surface area (Å²) in [5.74, 6) is 0.499. The summed E-state index contributed by atoms with van der Waals surface area (Å²) in [5, 5.41) is 3.88. The molecular weight excluding hydrogens is 197 g/mol. The Balaban J connectivity index is 2.06. The predicted octanol–water partition coefficient (Wildman–Crippen LogP) is 1.53. The number of halogens is 1. The lowest BCUT2D eigenvalue weighted by molar-refractivity contribution is 0.275. The summed E-state index contributed by atoms with van der Waals surface area (Å²) in [6, 6.07) is 6.26. The standard InChI is InChI=1S/C10H10FN3O/c1-14-10(12-7-13-14)6-15-9-5-3-2-4-8(9)11/h2-5,7H,6H2,1H3. The molecule has 0 bridgehead atoms. The lowest BCUT2D eigenvalue weighted by Crippen LogP contribution is -2.05. The summed E-state index contributed by atoms with van der Waals surface area (Å²) in [5.41, 5.74) is 0. The van der Waals surface area contributed by atoms with Crippen LogP contribution >= 0.6 is 0 Å². The minimum absolute atomic E-state index is 0.206. The van der Waals surface area contributed by atoms with Crippen molar-refractivity contribution in [2.24, 2.45) is 7.05 Å². The first-order valence-electron chi connectivity index (χ1n) is 4.47. The van der Waals surface area contributed by atoms with Crippen LogP contribution in [0.15, 0.2) is 30.6 Å². The molecule has 2 aromatic rings. The van der Waals surface area contributed by atoms with E-state index in [-0.39, 0.29) is 18.2 Å². The van der Waals surface area contributed by atoms with Crippen LogP contribution in [0.1, 0.15) is 5.82 Å². The number of nitrogens with zero attached hydrogens (tertiary/aromatic N) is 3. The van der Waals surface area contributed by atoms with Gasteiger partial charge in [-0.1, -0.05) is 12.1 Å². The number of hydrogen-bond acceptors (Lipinski definition) is 3. The van der Waals surface area contributed by atoms with E-state index < -0.39 is 0 Å². The monoisotopic (exact) mass is 207 g/mol. The zero-order valence-electron chi connectivity index (χ0n) is 8.22. The number of aromatic nitrogens is 3. The van der Waals surface area contributed by atoms with Crippen LogP contribution in [-0.2, 0) is 13.7 Å². The number of rotatable bonds is 3. The van der Waals surface area contributed by atoms with Crippen molar-refractivity contribution in [1.29, 1.82) is 0 Å². The summed E-state index contributed by atoms with van der Waals surface area (Å²) in [4.78, 5) is 3.96. The van der Waals surface area contributed by atoms with Gasteiger partial charge in [-0.15, -0.1) is 0 Å². The number of aryl methyl sites for hydroxylation is 1. The van der Waals surface area contributed by atoms with Gasteiger partial charge in [-0.05, 0) is 12.1 Å². The number of ether oxygens (including phenoxy) is 1. The maximum absolute atomic E-state index is 13.2. The molecule has 0 unspecified atom stereocenters. The molecule has 1 heterocycles. The van der Waals surface area contributed by atoms with Gasteiger partial charge in [0.2, 0.25) is 0 Å². The molecule has 0 aliphatic carbocycles. The van der Waals surface area contributed by atoms with Gasteiger partial charge in [0.05, 0.1) is 0 Å². The highest BCUT2D eigenvalue weighted by molar-refractivity contribution is 5.23. The predicted molar refractivity (Wildman–Crippen MR) is 51.7 cm³/mol. The minimum atomic E-state index is -0.375. The highest BCUT2D eigenvalue weighted by Gasteiger charge is 2.04. The topological polar surface area (TPSA) is 39.9 Å². The summed E-state index contributed by atoms with van der Waals surface area (Å²) in [7, 11) is 1.76. The lowest BCUT2D eigenvalue weighted by atomic mass is 10.3. The van der Waals surface area contributed by atoms with Crippen molar-refractivity contribution in [2.75, 3.05) is 0 Å². The summed E-state index contributed by atoms with van der Waals surface area (Å²) in [6.45, 7) is 0.206. The van der Waals surface area contributed by atoms with Crippen LogP contribution in [0.5, 0.6) is 5.75 Å². The van der Waals surface area contributed by atoms with E-state index in [1.54, 1.807) is 29.9 Å². The van der Waals surface area contributed by atoms with Crippen LogP contribution in [0.2, 0.25) is 0 Å². The van der Waals surface area contributed by atoms with Crippen molar-refractivity contribution in [3.05, 3.63) is 42.2 Å². The van der Waals surface area contributed by atoms with Crippen molar-refractivity contribution >= 4 is 0 Å². The summed E-state index contributed by atoms with van der Waals surface area (Å²) < 4.78 is 20.0. The van der Waals surface area contributed by atoms with Gasteiger partial charge in [-0.2, -0.15) is 5.10 Å². The molecule has 78 valence electrons. The zero-order chi connectivity index (χ0) is 10.7. The number of hydrogen-bond donors (Lipinski definition) is 0. The quantitative estimate of drug-likeness (QED) is 0.766. The van der Waals surface area contributed by atoms with Gasteiger partial charge in [0.15, 0.2) is 17.4 Å². The third kappa shape index (κ3) is 2.12. The third-order valence-electron chi connectivity index (χ3n) is 2.00. The molecule has 0 N–H and O–H groups in total. The average Bonchev–Trinajstić information content (AvgIpc) is 2.63. The Morgan fingerprint density at radius 2 is 2.20 bits per heavy atom. The van der Waals surface area contributed by atoms with Crippen LogP contribution in [0.4, 0.5) is 4.39 Å². The molecule has 0 aliphatic rings. The highest BCUT2D eigenvalue weighted by Crippen LogP contribution is 2.16. The molecule has 2 rings (SSSR count). The second kappa shape index (κ2) is 4.08. The molecule has 5 heteroatoms. The van der Waals surface area contributed by atoms with E-state index in [0.29, 0.717) is 5.82 Å². The summed E-state index contributed by atoms with van der Waals surface area (Å²) >= 11 is 0. The highest BCUT2D eigenvalue weighted by atomic mass is 19.1. The van der Waals surface area contributed by atoms with Crippen molar-refractivity contribution in [3.8, 4) is 5.75 Å². The van der Waals surface area contributed by atoms with Crippen LogP contribution in [-0.4, -0.2) is 14.8 Å². The molecule has 0 saturated heterocycles. The maximum Gasteiger partial charge on any atom is 0.165 e. The van der Waals surface area contributed by atoms with E-state index >= 15 is 0 Å². The van der Waals surface area contributed by atoms with E-state index in [1.807, 2.05) is 0 Å². The molecule has 1 aromatic carbocycles. The second-order valence-corrected chi connectivity index (χ2v) is 3.02. The number of benzene rings is 1. The Hall–Kier alpha value is -1.91. The largest absolute Gasteiger partial charge is 0.483 e. The Kier molecular flexibility index (Phi) is 2.62. The Bertz CT molecular complexity index is 455. The molecule has 1 aromatic heterocycles. The first kappa shape index (κ1) is 9.64. The molecule has 0 aliphatic heterocycles.